The maximum absolute atomic E-state index is 11.7. The number of rotatable bonds is 8. The number of hydrogen-bond acceptors (Lipinski definition) is 6. The highest BCUT2D eigenvalue weighted by Gasteiger charge is 2.08. The van der Waals surface area contributed by atoms with Crippen molar-refractivity contribution in [2.24, 2.45) is 5.10 Å². The molecule has 0 saturated carbocycles. The summed E-state index contributed by atoms with van der Waals surface area (Å²) in [6, 6.07) is 10.6. The number of nitrogens with one attached hydrogen (secondary N) is 1. The number of ether oxygens (including phenoxy) is 1. The van der Waals surface area contributed by atoms with Gasteiger partial charge >= 0.3 is 5.00 Å². The maximum atomic E-state index is 11.7. The molecule has 1 amide bonds. The highest BCUT2D eigenvalue weighted by molar-refractivity contribution is 7.16. The second-order valence-electron chi connectivity index (χ2n) is 5.39. The third-order valence-corrected chi connectivity index (χ3v) is 4.58. The zero-order valence-electron chi connectivity index (χ0n) is 14.0. The molecule has 1 atom stereocenters. The molecule has 0 aliphatic rings. The number of hydrazone groups is 1. The van der Waals surface area contributed by atoms with Crippen LogP contribution in [0.3, 0.4) is 0 Å². The fourth-order valence-electron chi connectivity index (χ4n) is 1.99. The molecule has 2 rings (SSSR count). The van der Waals surface area contributed by atoms with Gasteiger partial charge in [-0.1, -0.05) is 37.3 Å². The van der Waals surface area contributed by atoms with Crippen LogP contribution in [0, 0.1) is 10.1 Å². The molecule has 0 aliphatic carbocycles. The van der Waals surface area contributed by atoms with E-state index in [1.807, 2.05) is 24.3 Å². The Balaban J connectivity index is 1.78. The number of nitro groups is 1. The van der Waals surface area contributed by atoms with E-state index in [0.717, 1.165) is 17.8 Å². The molecule has 1 N–H and O–H groups in total. The summed E-state index contributed by atoms with van der Waals surface area (Å²) < 4.78 is 5.40. The number of carbonyl (C=O) groups excluding carboxylic acids is 1. The molecule has 0 saturated heterocycles. The average Bonchev–Trinajstić information content (AvgIpc) is 3.09. The summed E-state index contributed by atoms with van der Waals surface area (Å²) in [6.07, 6.45) is 2.42. The Bertz CT molecular complexity index is 756. The van der Waals surface area contributed by atoms with E-state index in [9.17, 15) is 14.9 Å². The van der Waals surface area contributed by atoms with Crippen LogP contribution in [0.1, 0.15) is 36.6 Å². The summed E-state index contributed by atoms with van der Waals surface area (Å²) in [4.78, 5) is 22.4. The van der Waals surface area contributed by atoms with Crippen LogP contribution >= 0.6 is 11.3 Å². The highest BCUT2D eigenvalue weighted by Crippen LogP contribution is 2.22. The van der Waals surface area contributed by atoms with Gasteiger partial charge in [-0.15, -0.1) is 0 Å². The van der Waals surface area contributed by atoms with Crippen LogP contribution in [0.5, 0.6) is 5.75 Å². The van der Waals surface area contributed by atoms with E-state index in [4.69, 9.17) is 4.74 Å². The van der Waals surface area contributed by atoms with Crippen LogP contribution in [0.25, 0.3) is 0 Å². The quantitative estimate of drug-likeness (QED) is 0.441. The van der Waals surface area contributed by atoms with Gasteiger partial charge in [0.25, 0.3) is 5.91 Å². The van der Waals surface area contributed by atoms with Gasteiger partial charge in [0.05, 0.1) is 16.0 Å². The van der Waals surface area contributed by atoms with E-state index in [2.05, 4.69) is 24.4 Å². The lowest BCUT2D eigenvalue weighted by molar-refractivity contribution is -0.380. The summed E-state index contributed by atoms with van der Waals surface area (Å²) in [7, 11) is 0. The van der Waals surface area contributed by atoms with Crippen LogP contribution < -0.4 is 10.2 Å². The molecule has 0 aliphatic heterocycles. The maximum Gasteiger partial charge on any atom is 0.324 e. The molecule has 0 spiro atoms. The Labute approximate surface area is 149 Å². The Kier molecular flexibility index (Phi) is 6.64. The Morgan fingerprint density at radius 3 is 2.68 bits per heavy atom. The third-order valence-electron chi connectivity index (χ3n) is 3.61. The van der Waals surface area contributed by atoms with E-state index in [1.165, 1.54) is 17.8 Å². The summed E-state index contributed by atoms with van der Waals surface area (Å²) >= 11 is 0.977. The van der Waals surface area contributed by atoms with E-state index in [-0.39, 0.29) is 11.6 Å². The molecular formula is C17H19N3O4S. The Morgan fingerprint density at radius 2 is 2.08 bits per heavy atom. The summed E-state index contributed by atoms with van der Waals surface area (Å²) in [5, 5.41) is 14.4. The SMILES string of the molecule is CCC(C)c1ccc(OCC(=O)N/N=C/c2ccc([N+](=O)[O-])s2)cc1. The number of nitrogens with zero attached hydrogens (tertiary/aromatic N) is 2. The molecule has 2 aromatic rings. The predicted octanol–water partition coefficient (Wildman–Crippen LogP) is 3.70. The predicted molar refractivity (Wildman–Crippen MR) is 97.4 cm³/mol. The van der Waals surface area contributed by atoms with E-state index >= 15 is 0 Å². The molecule has 7 nitrogen and oxygen atoms in total. The minimum absolute atomic E-state index is 0.0250. The molecule has 0 bridgehead atoms. The molecule has 1 aromatic heterocycles. The molecule has 1 heterocycles. The zero-order valence-corrected chi connectivity index (χ0v) is 14.8. The van der Waals surface area contributed by atoms with Crippen LogP contribution in [0.2, 0.25) is 0 Å². The van der Waals surface area contributed by atoms with Gasteiger partial charge in [0, 0.05) is 6.07 Å². The average molecular weight is 361 g/mol. The molecule has 0 radical (unpaired) electrons. The standard InChI is InChI=1S/C17H19N3O4S/c1-3-12(2)13-4-6-14(7-5-13)24-11-16(21)19-18-10-15-8-9-17(25-15)20(22)23/h4-10,12H,3,11H2,1-2H3,(H,19,21)/b18-10+. The van der Waals surface area contributed by atoms with Crippen molar-refractivity contribution in [2.45, 2.75) is 26.2 Å². The van der Waals surface area contributed by atoms with Gasteiger partial charge in [-0.25, -0.2) is 5.43 Å². The molecule has 8 heteroatoms. The van der Waals surface area contributed by atoms with Crippen LogP contribution in [0.4, 0.5) is 5.00 Å². The molecule has 25 heavy (non-hydrogen) atoms. The monoisotopic (exact) mass is 361 g/mol. The summed E-state index contributed by atoms with van der Waals surface area (Å²) in [5.74, 6) is 0.688. The lowest BCUT2D eigenvalue weighted by Crippen LogP contribution is -2.24. The van der Waals surface area contributed by atoms with Crippen molar-refractivity contribution in [3.63, 3.8) is 0 Å². The van der Waals surface area contributed by atoms with E-state index < -0.39 is 10.8 Å². The number of thiophene rings is 1. The van der Waals surface area contributed by atoms with Gasteiger partial charge in [0.2, 0.25) is 0 Å². The first kappa shape index (κ1) is 18.6. The first-order valence-electron chi connectivity index (χ1n) is 7.78. The minimum atomic E-state index is -0.471. The molecule has 0 fully saturated rings. The van der Waals surface area contributed by atoms with Crippen molar-refractivity contribution >= 4 is 28.5 Å². The molecule has 132 valence electrons. The molecular weight excluding hydrogens is 342 g/mol. The molecule has 1 unspecified atom stereocenters. The fraction of sp³-hybridized carbons (Fsp3) is 0.294. The number of amides is 1. The van der Waals surface area contributed by atoms with Crippen molar-refractivity contribution in [1.82, 2.24) is 5.43 Å². The Hall–Kier alpha value is -2.74. The summed E-state index contributed by atoms with van der Waals surface area (Å²) in [5.41, 5.74) is 3.55. The van der Waals surface area contributed by atoms with Gasteiger partial charge in [-0.2, -0.15) is 5.10 Å². The van der Waals surface area contributed by atoms with Crippen molar-refractivity contribution in [3.05, 3.63) is 57.0 Å². The molecule has 1 aromatic carbocycles. The van der Waals surface area contributed by atoms with Crippen molar-refractivity contribution in [1.29, 1.82) is 0 Å². The van der Waals surface area contributed by atoms with Crippen LogP contribution in [-0.2, 0) is 4.79 Å². The second kappa shape index (κ2) is 8.93. The topological polar surface area (TPSA) is 93.8 Å². The second-order valence-corrected chi connectivity index (χ2v) is 6.49. The van der Waals surface area contributed by atoms with E-state index in [1.54, 1.807) is 6.07 Å². The fourth-order valence-corrected chi connectivity index (χ4v) is 2.68. The van der Waals surface area contributed by atoms with E-state index in [0.29, 0.717) is 16.5 Å². The minimum Gasteiger partial charge on any atom is -0.484 e. The first-order chi connectivity index (χ1) is 12.0. The lowest BCUT2D eigenvalue weighted by atomic mass is 9.99. The highest BCUT2D eigenvalue weighted by atomic mass is 32.1. The summed E-state index contributed by atoms with van der Waals surface area (Å²) in [6.45, 7) is 4.13. The normalized spacial score (nSPS) is 12.1. The number of carbonyl (C=O) groups is 1. The van der Waals surface area contributed by atoms with Gasteiger partial charge in [0.15, 0.2) is 6.61 Å². The van der Waals surface area contributed by atoms with Crippen molar-refractivity contribution in [3.8, 4) is 5.75 Å². The van der Waals surface area contributed by atoms with Crippen molar-refractivity contribution in [2.75, 3.05) is 6.61 Å². The smallest absolute Gasteiger partial charge is 0.324 e. The van der Waals surface area contributed by atoms with Crippen molar-refractivity contribution < 1.29 is 14.5 Å². The van der Waals surface area contributed by atoms with Gasteiger partial charge in [-0.05, 0) is 36.1 Å². The number of benzene rings is 1. The van der Waals surface area contributed by atoms with Gasteiger partial charge < -0.3 is 4.74 Å². The first-order valence-corrected chi connectivity index (χ1v) is 8.60. The van der Waals surface area contributed by atoms with Gasteiger partial charge in [-0.3, -0.25) is 14.9 Å². The largest absolute Gasteiger partial charge is 0.484 e. The number of hydrogen-bond donors (Lipinski definition) is 1. The van der Waals surface area contributed by atoms with Gasteiger partial charge in [0.1, 0.15) is 5.75 Å². The zero-order chi connectivity index (χ0) is 18.2. The Morgan fingerprint density at radius 1 is 1.36 bits per heavy atom. The van der Waals surface area contributed by atoms with Crippen LogP contribution in [-0.4, -0.2) is 23.7 Å². The van der Waals surface area contributed by atoms with Crippen LogP contribution in [0.15, 0.2) is 41.5 Å². The third kappa shape index (κ3) is 5.68. The lowest BCUT2D eigenvalue weighted by Gasteiger charge is -2.10.